The fourth-order valence-electron chi connectivity index (χ4n) is 3.90. The maximum atomic E-state index is 14.1. The van der Waals surface area contributed by atoms with E-state index in [1.165, 1.54) is 6.07 Å². The molecule has 1 amide bonds. The second-order valence-electron chi connectivity index (χ2n) is 6.64. The molecule has 2 heterocycles. The molecule has 4 nitrogen and oxygen atoms in total. The fraction of sp³-hybridized carbons (Fsp3) is 0.368. The monoisotopic (exact) mass is 325 g/mol. The standard InChI is InChI=1S/C19H20FN3O/c20-16-6-2-1-5-14(16)13-8-9-23(11-13)19-15(18(21)24)10-12-4-3-7-17(12)22-19/h1-2,5-6,10,13H,3-4,7-9,11H2,(H2,21,24)/t13-/m1/s1. The van der Waals surface area contributed by atoms with Gasteiger partial charge in [0.15, 0.2) is 0 Å². The van der Waals surface area contributed by atoms with Gasteiger partial charge in [0.05, 0.1) is 5.56 Å². The second kappa shape index (κ2) is 5.89. The third-order valence-corrected chi connectivity index (χ3v) is 5.13. The van der Waals surface area contributed by atoms with E-state index < -0.39 is 5.91 Å². The molecule has 0 spiro atoms. The summed E-state index contributed by atoms with van der Waals surface area (Å²) in [5, 5.41) is 0. The van der Waals surface area contributed by atoms with E-state index in [1.807, 2.05) is 18.2 Å². The lowest BCUT2D eigenvalue weighted by Gasteiger charge is -2.21. The van der Waals surface area contributed by atoms with Crippen LogP contribution in [0.1, 0.15) is 45.9 Å². The number of anilines is 1. The number of nitrogens with two attached hydrogens (primary N) is 1. The van der Waals surface area contributed by atoms with Crippen LogP contribution in [-0.2, 0) is 12.8 Å². The first kappa shape index (κ1) is 15.1. The Balaban J connectivity index is 1.66. The summed E-state index contributed by atoms with van der Waals surface area (Å²) in [7, 11) is 0. The number of pyridine rings is 1. The van der Waals surface area contributed by atoms with Gasteiger partial charge >= 0.3 is 0 Å². The first-order valence-electron chi connectivity index (χ1n) is 8.45. The van der Waals surface area contributed by atoms with Crippen molar-refractivity contribution in [1.29, 1.82) is 0 Å². The van der Waals surface area contributed by atoms with Crippen molar-refractivity contribution in [2.24, 2.45) is 5.73 Å². The van der Waals surface area contributed by atoms with Crippen LogP contribution in [0.15, 0.2) is 30.3 Å². The Morgan fingerprint density at radius 3 is 2.92 bits per heavy atom. The summed E-state index contributed by atoms with van der Waals surface area (Å²) >= 11 is 0. The molecule has 0 radical (unpaired) electrons. The molecule has 1 aliphatic carbocycles. The molecule has 1 saturated heterocycles. The SMILES string of the molecule is NC(=O)c1cc2c(nc1N1CC[C@@H](c3ccccc3F)C1)CCC2. The molecule has 0 unspecified atom stereocenters. The number of rotatable bonds is 3. The zero-order chi connectivity index (χ0) is 16.7. The van der Waals surface area contributed by atoms with E-state index >= 15 is 0 Å². The van der Waals surface area contributed by atoms with Crippen LogP contribution in [0.2, 0.25) is 0 Å². The molecular formula is C19H20FN3O. The van der Waals surface area contributed by atoms with Gasteiger partial charge in [0.2, 0.25) is 0 Å². The molecule has 2 aliphatic rings. The summed E-state index contributed by atoms with van der Waals surface area (Å²) in [6, 6.07) is 8.82. The van der Waals surface area contributed by atoms with Crippen molar-refractivity contribution in [3.63, 3.8) is 0 Å². The normalized spacial score (nSPS) is 19.5. The number of nitrogens with zero attached hydrogens (tertiary/aromatic N) is 2. The lowest BCUT2D eigenvalue weighted by atomic mass is 9.98. The van der Waals surface area contributed by atoms with Crippen LogP contribution in [-0.4, -0.2) is 24.0 Å². The number of hydrogen-bond donors (Lipinski definition) is 1. The van der Waals surface area contributed by atoms with Crippen molar-refractivity contribution >= 4 is 11.7 Å². The quantitative estimate of drug-likeness (QED) is 0.944. The number of benzene rings is 1. The van der Waals surface area contributed by atoms with Crippen LogP contribution in [0.3, 0.4) is 0 Å². The minimum Gasteiger partial charge on any atom is -0.365 e. The highest BCUT2D eigenvalue weighted by Gasteiger charge is 2.30. The number of carbonyl (C=O) groups is 1. The lowest BCUT2D eigenvalue weighted by molar-refractivity contribution is 0.100. The number of fused-ring (bicyclic) bond motifs is 1. The summed E-state index contributed by atoms with van der Waals surface area (Å²) in [6.07, 6.45) is 3.83. The van der Waals surface area contributed by atoms with E-state index in [0.29, 0.717) is 17.9 Å². The predicted molar refractivity (Wildman–Crippen MR) is 90.8 cm³/mol. The van der Waals surface area contributed by atoms with Gasteiger partial charge in [-0.3, -0.25) is 4.79 Å². The molecule has 0 saturated carbocycles. The van der Waals surface area contributed by atoms with E-state index in [9.17, 15) is 9.18 Å². The van der Waals surface area contributed by atoms with Crippen molar-refractivity contribution in [3.05, 3.63) is 58.5 Å². The van der Waals surface area contributed by atoms with Crippen LogP contribution < -0.4 is 10.6 Å². The maximum Gasteiger partial charge on any atom is 0.252 e. The number of amides is 1. The van der Waals surface area contributed by atoms with Gasteiger partial charge in [-0.1, -0.05) is 18.2 Å². The molecule has 4 rings (SSSR count). The molecule has 1 aliphatic heterocycles. The topological polar surface area (TPSA) is 59.2 Å². The van der Waals surface area contributed by atoms with Crippen LogP contribution in [0.25, 0.3) is 0 Å². The second-order valence-corrected chi connectivity index (χ2v) is 6.64. The van der Waals surface area contributed by atoms with Crippen LogP contribution in [0, 0.1) is 5.82 Å². The highest BCUT2D eigenvalue weighted by molar-refractivity contribution is 5.98. The third-order valence-electron chi connectivity index (χ3n) is 5.13. The highest BCUT2D eigenvalue weighted by Crippen LogP contribution is 2.34. The molecule has 1 fully saturated rings. The summed E-state index contributed by atoms with van der Waals surface area (Å²) in [5.74, 6) is 0.173. The first-order valence-corrected chi connectivity index (χ1v) is 8.45. The molecule has 1 aromatic heterocycles. The van der Waals surface area contributed by atoms with Gasteiger partial charge in [-0.25, -0.2) is 9.37 Å². The average Bonchev–Trinajstić information content (AvgIpc) is 3.22. The third kappa shape index (κ3) is 2.54. The Morgan fingerprint density at radius 2 is 2.12 bits per heavy atom. The van der Waals surface area contributed by atoms with Gasteiger partial charge < -0.3 is 10.6 Å². The molecule has 2 N–H and O–H groups in total. The van der Waals surface area contributed by atoms with E-state index in [1.54, 1.807) is 6.07 Å². The van der Waals surface area contributed by atoms with Gasteiger partial charge in [-0.2, -0.15) is 0 Å². The number of primary amides is 1. The largest absolute Gasteiger partial charge is 0.365 e. The highest BCUT2D eigenvalue weighted by atomic mass is 19.1. The van der Waals surface area contributed by atoms with Gasteiger partial charge in [0, 0.05) is 24.7 Å². The molecule has 24 heavy (non-hydrogen) atoms. The maximum absolute atomic E-state index is 14.1. The van der Waals surface area contributed by atoms with Crippen molar-refractivity contribution in [2.75, 3.05) is 18.0 Å². The lowest BCUT2D eigenvalue weighted by Crippen LogP contribution is -2.26. The zero-order valence-electron chi connectivity index (χ0n) is 13.5. The molecule has 5 heteroatoms. The number of aryl methyl sites for hydroxylation is 2. The minimum atomic E-state index is -0.443. The van der Waals surface area contributed by atoms with Crippen molar-refractivity contribution in [2.45, 2.75) is 31.6 Å². The summed E-state index contributed by atoms with van der Waals surface area (Å²) < 4.78 is 14.1. The van der Waals surface area contributed by atoms with Crippen molar-refractivity contribution in [3.8, 4) is 0 Å². The Hall–Kier alpha value is -2.43. The van der Waals surface area contributed by atoms with Crippen LogP contribution in [0.4, 0.5) is 10.2 Å². The summed E-state index contributed by atoms with van der Waals surface area (Å²) in [5.41, 5.74) is 9.02. The van der Waals surface area contributed by atoms with E-state index in [4.69, 9.17) is 10.7 Å². The van der Waals surface area contributed by atoms with Gasteiger partial charge in [0.25, 0.3) is 5.91 Å². The molecule has 2 aromatic rings. The smallest absolute Gasteiger partial charge is 0.252 e. The number of aromatic nitrogens is 1. The summed E-state index contributed by atoms with van der Waals surface area (Å²) in [6.45, 7) is 1.41. The molecule has 0 bridgehead atoms. The minimum absolute atomic E-state index is 0.113. The van der Waals surface area contributed by atoms with Crippen molar-refractivity contribution < 1.29 is 9.18 Å². The molecule has 1 aromatic carbocycles. The van der Waals surface area contributed by atoms with Crippen molar-refractivity contribution in [1.82, 2.24) is 4.98 Å². The molecule has 1 atom stereocenters. The van der Waals surface area contributed by atoms with E-state index in [0.717, 1.165) is 49.0 Å². The fourth-order valence-corrected chi connectivity index (χ4v) is 3.90. The Morgan fingerprint density at radius 1 is 1.29 bits per heavy atom. The number of hydrogen-bond acceptors (Lipinski definition) is 3. The van der Waals surface area contributed by atoms with E-state index in [2.05, 4.69) is 4.90 Å². The summed E-state index contributed by atoms with van der Waals surface area (Å²) in [4.78, 5) is 18.7. The van der Waals surface area contributed by atoms with E-state index in [-0.39, 0.29) is 11.7 Å². The van der Waals surface area contributed by atoms with Gasteiger partial charge in [0.1, 0.15) is 11.6 Å². The predicted octanol–water partition coefficient (Wildman–Crippen LogP) is 2.80. The average molecular weight is 325 g/mol. The van der Waals surface area contributed by atoms with Gasteiger partial charge in [-0.05, 0) is 48.9 Å². The zero-order valence-corrected chi connectivity index (χ0v) is 13.5. The number of halogens is 1. The number of carbonyl (C=O) groups excluding carboxylic acids is 1. The molecular weight excluding hydrogens is 305 g/mol. The Bertz CT molecular complexity index is 805. The Labute approximate surface area is 140 Å². The van der Waals surface area contributed by atoms with Crippen LogP contribution >= 0.6 is 0 Å². The molecule has 124 valence electrons. The van der Waals surface area contributed by atoms with Gasteiger partial charge in [-0.15, -0.1) is 0 Å². The van der Waals surface area contributed by atoms with Crippen LogP contribution in [0.5, 0.6) is 0 Å². The Kier molecular flexibility index (Phi) is 3.71. The first-order chi connectivity index (χ1) is 11.6.